The number of rotatable bonds is 6. The van der Waals surface area contributed by atoms with Crippen LogP contribution in [0.1, 0.15) is 28.9 Å². The predicted octanol–water partition coefficient (Wildman–Crippen LogP) is 2.95. The van der Waals surface area contributed by atoms with Crippen LogP contribution in [0.25, 0.3) is 10.9 Å². The van der Waals surface area contributed by atoms with E-state index in [1.54, 1.807) is 24.5 Å². The van der Waals surface area contributed by atoms with Crippen molar-refractivity contribution in [2.24, 2.45) is 0 Å². The van der Waals surface area contributed by atoms with E-state index in [0.717, 1.165) is 54.8 Å². The lowest BCUT2D eigenvalue weighted by Gasteiger charge is -2.32. The van der Waals surface area contributed by atoms with Crippen molar-refractivity contribution in [2.45, 2.75) is 25.8 Å². The quantitative estimate of drug-likeness (QED) is 0.556. The molecule has 8 nitrogen and oxygen atoms in total. The molecule has 3 amide bonds. The average Bonchev–Trinajstić information content (AvgIpc) is 2.80. The van der Waals surface area contributed by atoms with Gasteiger partial charge >= 0.3 is 6.03 Å². The molecule has 2 aromatic heterocycles. The topological polar surface area (TPSA) is 99.2 Å². The molecule has 1 aliphatic rings. The lowest BCUT2D eigenvalue weighted by molar-refractivity contribution is 0.0911. The number of pyridine rings is 2. The lowest BCUT2D eigenvalue weighted by atomic mass is 10.0. The van der Waals surface area contributed by atoms with Crippen molar-refractivity contribution in [2.75, 3.05) is 31.5 Å². The van der Waals surface area contributed by atoms with Gasteiger partial charge in [-0.2, -0.15) is 0 Å². The Morgan fingerprint density at radius 2 is 1.84 bits per heavy atom. The smallest absolute Gasteiger partial charge is 0.319 e. The van der Waals surface area contributed by atoms with Gasteiger partial charge in [0.25, 0.3) is 5.91 Å². The van der Waals surface area contributed by atoms with Gasteiger partial charge in [-0.1, -0.05) is 18.2 Å². The summed E-state index contributed by atoms with van der Waals surface area (Å²) in [4.78, 5) is 35.4. The second-order valence-corrected chi connectivity index (χ2v) is 8.03. The van der Waals surface area contributed by atoms with Crippen molar-refractivity contribution >= 4 is 28.5 Å². The summed E-state index contributed by atoms with van der Waals surface area (Å²) in [5, 5.41) is 9.91. The second-order valence-electron chi connectivity index (χ2n) is 8.03. The van der Waals surface area contributed by atoms with Crippen LogP contribution >= 0.6 is 0 Å². The molecule has 3 N–H and O–H groups in total. The zero-order valence-corrected chi connectivity index (χ0v) is 18.2. The number of para-hydroxylation sites is 1. The van der Waals surface area contributed by atoms with Crippen molar-refractivity contribution < 1.29 is 9.59 Å². The Morgan fingerprint density at radius 3 is 2.62 bits per heavy atom. The Balaban J connectivity index is 1.19. The summed E-state index contributed by atoms with van der Waals surface area (Å²) < 4.78 is 0. The monoisotopic (exact) mass is 432 g/mol. The van der Waals surface area contributed by atoms with Crippen LogP contribution in [0.2, 0.25) is 0 Å². The summed E-state index contributed by atoms with van der Waals surface area (Å²) in [6.07, 6.45) is 5.04. The van der Waals surface area contributed by atoms with E-state index in [4.69, 9.17) is 0 Å². The van der Waals surface area contributed by atoms with Crippen molar-refractivity contribution in [3.05, 3.63) is 66.1 Å². The minimum atomic E-state index is -0.222. The number of amides is 3. The predicted molar refractivity (Wildman–Crippen MR) is 125 cm³/mol. The number of hydrogen-bond acceptors (Lipinski definition) is 5. The van der Waals surface area contributed by atoms with Crippen molar-refractivity contribution in [1.82, 2.24) is 25.5 Å². The summed E-state index contributed by atoms with van der Waals surface area (Å²) in [5.74, 6) is -0.0527. The van der Waals surface area contributed by atoms with E-state index in [1.807, 2.05) is 37.3 Å². The van der Waals surface area contributed by atoms with Gasteiger partial charge in [0.2, 0.25) is 0 Å². The molecule has 3 aromatic rings. The molecule has 166 valence electrons. The Kier molecular flexibility index (Phi) is 6.91. The highest BCUT2D eigenvalue weighted by Crippen LogP contribution is 2.22. The number of piperidine rings is 1. The molecule has 8 heteroatoms. The number of benzene rings is 1. The number of fused-ring (bicyclic) bond motifs is 1. The maximum absolute atomic E-state index is 12.4. The number of carbonyl (C=O) groups is 2. The number of likely N-dealkylation sites (tertiary alicyclic amines) is 1. The fourth-order valence-corrected chi connectivity index (χ4v) is 3.98. The Labute approximate surface area is 187 Å². The molecule has 0 atom stereocenters. The fraction of sp³-hybridized carbons (Fsp3) is 0.333. The van der Waals surface area contributed by atoms with Crippen molar-refractivity contribution in [3.8, 4) is 0 Å². The molecule has 1 aromatic carbocycles. The number of nitrogens with one attached hydrogen (secondary N) is 3. The SMILES string of the molecule is Cc1cc(NC(=O)NCCN2CCC(NC(=O)c3ccncc3)CC2)c2ccccc2n1. The Bertz CT molecular complexity index is 1080. The number of aryl methyl sites for hydroxylation is 1. The second kappa shape index (κ2) is 10.2. The van der Waals surface area contributed by atoms with Crippen LogP contribution in [-0.4, -0.2) is 59.0 Å². The van der Waals surface area contributed by atoms with Gasteiger partial charge in [0.05, 0.1) is 11.2 Å². The van der Waals surface area contributed by atoms with Gasteiger partial charge in [-0.15, -0.1) is 0 Å². The highest BCUT2D eigenvalue weighted by Gasteiger charge is 2.21. The highest BCUT2D eigenvalue weighted by atomic mass is 16.2. The maximum Gasteiger partial charge on any atom is 0.319 e. The first-order valence-electron chi connectivity index (χ1n) is 10.9. The van der Waals surface area contributed by atoms with E-state index >= 15 is 0 Å². The molecule has 1 fully saturated rings. The third-order valence-electron chi connectivity index (χ3n) is 5.67. The van der Waals surface area contributed by atoms with Crippen LogP contribution in [0.5, 0.6) is 0 Å². The minimum Gasteiger partial charge on any atom is -0.349 e. The summed E-state index contributed by atoms with van der Waals surface area (Å²) >= 11 is 0. The van der Waals surface area contributed by atoms with Crippen LogP contribution in [0, 0.1) is 6.92 Å². The normalized spacial score (nSPS) is 14.8. The van der Waals surface area contributed by atoms with E-state index in [2.05, 4.69) is 30.8 Å². The van der Waals surface area contributed by atoms with Crippen LogP contribution in [0.4, 0.5) is 10.5 Å². The van der Waals surface area contributed by atoms with Crippen molar-refractivity contribution in [3.63, 3.8) is 0 Å². The molecular weight excluding hydrogens is 404 g/mol. The molecule has 0 bridgehead atoms. The molecule has 0 saturated carbocycles. The van der Waals surface area contributed by atoms with Crippen molar-refractivity contribution in [1.29, 1.82) is 0 Å². The number of urea groups is 1. The van der Waals surface area contributed by atoms with E-state index in [-0.39, 0.29) is 18.0 Å². The van der Waals surface area contributed by atoms with E-state index in [1.165, 1.54) is 0 Å². The number of anilines is 1. The largest absolute Gasteiger partial charge is 0.349 e. The Morgan fingerprint density at radius 1 is 1.09 bits per heavy atom. The standard InChI is InChI=1S/C24H28N6O2/c1-17-16-22(20-4-2-3-5-21(20)27-17)29-24(32)26-12-15-30-13-8-19(9-14-30)28-23(31)18-6-10-25-11-7-18/h2-7,10-11,16,19H,8-9,12-15H2,1H3,(H,28,31)(H2,26,27,29,32). The molecule has 0 radical (unpaired) electrons. The fourth-order valence-electron chi connectivity index (χ4n) is 3.98. The van der Waals surface area contributed by atoms with E-state index in [9.17, 15) is 9.59 Å². The van der Waals surface area contributed by atoms with Gasteiger partial charge in [-0.25, -0.2) is 4.79 Å². The molecular formula is C24H28N6O2. The number of hydrogen-bond donors (Lipinski definition) is 3. The molecule has 0 spiro atoms. The average molecular weight is 433 g/mol. The molecule has 3 heterocycles. The van der Waals surface area contributed by atoms with Gasteiger partial charge in [-0.05, 0) is 44.0 Å². The van der Waals surface area contributed by atoms with Gasteiger partial charge in [0, 0.05) is 61.3 Å². The molecule has 32 heavy (non-hydrogen) atoms. The molecule has 0 unspecified atom stereocenters. The lowest BCUT2D eigenvalue weighted by Crippen LogP contribution is -2.46. The van der Waals surface area contributed by atoms with E-state index < -0.39 is 0 Å². The van der Waals surface area contributed by atoms with Crippen LogP contribution in [0.15, 0.2) is 54.9 Å². The summed E-state index contributed by atoms with van der Waals surface area (Å²) in [6.45, 7) is 5.02. The number of carbonyl (C=O) groups excluding carboxylic acids is 2. The molecule has 0 aliphatic carbocycles. The number of nitrogens with zero attached hydrogens (tertiary/aromatic N) is 3. The maximum atomic E-state index is 12.4. The van der Waals surface area contributed by atoms with Gasteiger partial charge in [0.1, 0.15) is 0 Å². The first-order valence-corrected chi connectivity index (χ1v) is 10.9. The summed E-state index contributed by atoms with van der Waals surface area (Å²) in [7, 11) is 0. The Hall–Kier alpha value is -3.52. The molecule has 4 rings (SSSR count). The first kappa shape index (κ1) is 21.7. The van der Waals surface area contributed by atoms with Crippen LogP contribution in [-0.2, 0) is 0 Å². The first-order chi connectivity index (χ1) is 15.6. The zero-order valence-electron chi connectivity index (χ0n) is 18.2. The third-order valence-corrected chi connectivity index (χ3v) is 5.67. The van der Waals surface area contributed by atoms with E-state index in [0.29, 0.717) is 12.1 Å². The minimum absolute atomic E-state index is 0.0527. The molecule has 1 saturated heterocycles. The molecule has 1 aliphatic heterocycles. The number of aromatic nitrogens is 2. The highest BCUT2D eigenvalue weighted by molar-refractivity contribution is 6.00. The third kappa shape index (κ3) is 5.59. The zero-order chi connectivity index (χ0) is 22.3. The summed E-state index contributed by atoms with van der Waals surface area (Å²) in [5.41, 5.74) is 3.12. The van der Waals surface area contributed by atoms with Gasteiger partial charge in [-0.3, -0.25) is 14.8 Å². The summed E-state index contributed by atoms with van der Waals surface area (Å²) in [6, 6.07) is 13.0. The van der Waals surface area contributed by atoms with Crippen LogP contribution in [0.3, 0.4) is 0 Å². The van der Waals surface area contributed by atoms with Crippen LogP contribution < -0.4 is 16.0 Å². The van der Waals surface area contributed by atoms with Gasteiger partial charge in [0.15, 0.2) is 0 Å². The van der Waals surface area contributed by atoms with Gasteiger partial charge < -0.3 is 20.9 Å².